The van der Waals surface area contributed by atoms with Gasteiger partial charge in [-0.25, -0.2) is 0 Å². The Kier molecular flexibility index (Phi) is 5.60. The van der Waals surface area contributed by atoms with Crippen LogP contribution >= 0.6 is 11.5 Å². The second-order valence-electron chi connectivity index (χ2n) is 6.13. The van der Waals surface area contributed by atoms with Crippen molar-refractivity contribution in [3.05, 3.63) is 30.1 Å². The summed E-state index contributed by atoms with van der Waals surface area (Å²) in [6, 6.07) is 1.80. The van der Waals surface area contributed by atoms with Crippen molar-refractivity contribution in [1.29, 1.82) is 0 Å². The first-order valence-corrected chi connectivity index (χ1v) is 9.16. The fraction of sp³-hybridized carbons (Fsp3) is 0.375. The van der Waals surface area contributed by atoms with E-state index in [0.29, 0.717) is 18.1 Å². The van der Waals surface area contributed by atoms with E-state index in [1.54, 1.807) is 4.90 Å². The Hall–Kier alpha value is -3.08. The van der Waals surface area contributed by atoms with Crippen molar-refractivity contribution in [2.75, 3.05) is 23.7 Å². The molecule has 11 heteroatoms. The molecule has 2 aromatic heterocycles. The van der Waals surface area contributed by atoms with Crippen molar-refractivity contribution in [1.82, 2.24) is 24.5 Å². The maximum atomic E-state index is 11.8. The molecule has 1 aliphatic heterocycles. The minimum atomic E-state index is -0.731. The van der Waals surface area contributed by atoms with E-state index < -0.39 is 5.91 Å². The van der Waals surface area contributed by atoms with E-state index in [-0.39, 0.29) is 29.4 Å². The number of nitrogens with zero attached hydrogens (tertiary/aromatic N) is 5. The van der Waals surface area contributed by atoms with E-state index in [2.05, 4.69) is 36.8 Å². The highest BCUT2D eigenvalue weighted by molar-refractivity contribution is 7.10. The molecule has 3 rings (SSSR count). The molecule has 4 N–H and O–H groups in total. The zero-order valence-corrected chi connectivity index (χ0v) is 15.6. The van der Waals surface area contributed by atoms with Crippen LogP contribution in [-0.2, 0) is 4.79 Å². The number of likely N-dealkylation sites (tertiary alicyclic amines) is 1. The molecule has 0 aromatic carbocycles. The third-order valence-electron chi connectivity index (χ3n) is 4.03. The fourth-order valence-corrected chi connectivity index (χ4v) is 3.45. The number of hydrogen-bond donors (Lipinski definition) is 3. The Labute approximate surface area is 160 Å². The van der Waals surface area contributed by atoms with Gasteiger partial charge in [0, 0.05) is 19.1 Å². The molecule has 0 saturated carbocycles. The minimum Gasteiger partial charge on any atom is -0.364 e. The van der Waals surface area contributed by atoms with Gasteiger partial charge in [-0.05, 0) is 43.4 Å². The molecule has 0 unspecified atom stereocenters. The Morgan fingerprint density at radius 2 is 2.26 bits per heavy atom. The number of aryl methyl sites for hydroxylation is 1. The lowest BCUT2D eigenvalue weighted by Gasteiger charge is -2.32. The Balaban J connectivity index is 1.77. The number of hydrogen-bond acceptors (Lipinski definition) is 9. The highest BCUT2D eigenvalue weighted by atomic mass is 32.1. The lowest BCUT2D eigenvalue weighted by Crippen LogP contribution is -2.44. The third kappa shape index (κ3) is 4.56. The van der Waals surface area contributed by atoms with Crippen LogP contribution < -0.4 is 16.4 Å². The molecule has 0 bridgehead atoms. The first-order chi connectivity index (χ1) is 13.0. The Morgan fingerprint density at radius 1 is 1.44 bits per heavy atom. The lowest BCUT2D eigenvalue weighted by molar-refractivity contribution is -0.127. The van der Waals surface area contributed by atoms with Crippen LogP contribution in [0.1, 0.15) is 29.0 Å². The summed E-state index contributed by atoms with van der Waals surface area (Å²) < 4.78 is 4.17. The van der Waals surface area contributed by atoms with Gasteiger partial charge in [0.05, 0.1) is 5.69 Å². The van der Waals surface area contributed by atoms with Crippen LogP contribution in [0.5, 0.6) is 0 Å². The quantitative estimate of drug-likeness (QED) is 0.625. The summed E-state index contributed by atoms with van der Waals surface area (Å²) in [6.07, 6.45) is 3.02. The van der Waals surface area contributed by atoms with Crippen molar-refractivity contribution in [2.45, 2.75) is 25.8 Å². The van der Waals surface area contributed by atoms with Crippen LogP contribution in [0.2, 0.25) is 0 Å². The highest BCUT2D eigenvalue weighted by Crippen LogP contribution is 2.23. The van der Waals surface area contributed by atoms with Crippen LogP contribution in [0.4, 0.5) is 16.8 Å². The van der Waals surface area contributed by atoms with Crippen LogP contribution in [-0.4, -0.2) is 55.4 Å². The lowest BCUT2D eigenvalue weighted by atomic mass is 10.1. The summed E-state index contributed by atoms with van der Waals surface area (Å²) in [7, 11) is 0. The number of aromatic nitrogens is 4. The summed E-state index contributed by atoms with van der Waals surface area (Å²) in [5.74, 6) is -0.377. The van der Waals surface area contributed by atoms with E-state index in [1.165, 1.54) is 17.6 Å². The molecular weight excluding hydrogens is 368 g/mol. The van der Waals surface area contributed by atoms with Gasteiger partial charge < -0.3 is 21.3 Å². The molecule has 0 aliphatic carbocycles. The van der Waals surface area contributed by atoms with E-state index in [9.17, 15) is 9.59 Å². The standard InChI is InChI=1S/C16H20N8O2S/c1-3-12(25)24-6-4-5-10(8-24)18-16-20-15(13(14(17)26)21-22-16)19-11-7-9(2)23-27-11/h3,7,10H,1,4-6,8H2,2H3,(H2,17,26)(H2,18,19,20,22)/t10-/m1/s1. The summed E-state index contributed by atoms with van der Waals surface area (Å²) in [4.78, 5) is 29.5. The number of carbonyl (C=O) groups excluding carboxylic acids is 2. The van der Waals surface area contributed by atoms with Crippen molar-refractivity contribution in [3.63, 3.8) is 0 Å². The summed E-state index contributed by atoms with van der Waals surface area (Å²) in [6.45, 7) is 6.60. The Bertz CT molecular complexity index is 868. The van der Waals surface area contributed by atoms with Gasteiger partial charge in [-0.15, -0.1) is 10.2 Å². The van der Waals surface area contributed by atoms with Crippen LogP contribution in [0, 0.1) is 6.92 Å². The molecule has 2 amide bonds. The molecule has 0 radical (unpaired) electrons. The average molecular weight is 388 g/mol. The highest BCUT2D eigenvalue weighted by Gasteiger charge is 2.23. The first kappa shape index (κ1) is 18.7. The molecule has 27 heavy (non-hydrogen) atoms. The molecule has 1 aliphatic rings. The number of carbonyl (C=O) groups is 2. The van der Waals surface area contributed by atoms with Crippen molar-refractivity contribution in [2.24, 2.45) is 5.73 Å². The van der Waals surface area contributed by atoms with E-state index in [4.69, 9.17) is 5.73 Å². The number of nitrogens with two attached hydrogens (primary N) is 1. The zero-order valence-electron chi connectivity index (χ0n) is 14.8. The van der Waals surface area contributed by atoms with Crippen LogP contribution in [0.25, 0.3) is 0 Å². The number of rotatable bonds is 6. The summed E-state index contributed by atoms with van der Waals surface area (Å²) in [5, 5.41) is 14.7. The van der Waals surface area contributed by atoms with Gasteiger partial charge in [-0.1, -0.05) is 6.58 Å². The van der Waals surface area contributed by atoms with Crippen LogP contribution in [0.15, 0.2) is 18.7 Å². The predicted octanol–water partition coefficient (Wildman–Crippen LogP) is 1.07. The van der Waals surface area contributed by atoms with E-state index in [1.807, 2.05) is 13.0 Å². The summed E-state index contributed by atoms with van der Waals surface area (Å²) >= 11 is 1.24. The molecule has 10 nitrogen and oxygen atoms in total. The van der Waals surface area contributed by atoms with E-state index >= 15 is 0 Å². The maximum Gasteiger partial charge on any atom is 0.273 e. The van der Waals surface area contributed by atoms with E-state index in [0.717, 1.165) is 18.5 Å². The number of piperidine rings is 1. The Morgan fingerprint density at radius 3 is 2.93 bits per heavy atom. The molecule has 1 saturated heterocycles. The van der Waals surface area contributed by atoms with Crippen molar-refractivity contribution >= 4 is 40.1 Å². The zero-order chi connectivity index (χ0) is 19.4. The normalized spacial score (nSPS) is 16.6. The SMILES string of the molecule is C=CC(=O)N1CCC[C@@H](Nc2nnc(C(N)=O)c(Nc3cc(C)ns3)n2)C1. The van der Waals surface area contributed by atoms with Gasteiger partial charge in [0.15, 0.2) is 11.5 Å². The first-order valence-electron chi connectivity index (χ1n) is 8.39. The fourth-order valence-electron chi connectivity index (χ4n) is 2.79. The number of anilines is 3. The van der Waals surface area contributed by atoms with Crippen molar-refractivity contribution in [3.8, 4) is 0 Å². The van der Waals surface area contributed by atoms with Gasteiger partial charge >= 0.3 is 0 Å². The molecule has 3 heterocycles. The second-order valence-corrected chi connectivity index (χ2v) is 6.93. The van der Waals surface area contributed by atoms with Gasteiger partial charge in [-0.2, -0.15) is 9.36 Å². The van der Waals surface area contributed by atoms with Crippen LogP contribution in [0.3, 0.4) is 0 Å². The number of amides is 2. The maximum absolute atomic E-state index is 11.8. The molecular formula is C16H20N8O2S. The molecule has 0 spiro atoms. The minimum absolute atomic E-state index is 0.0256. The van der Waals surface area contributed by atoms with Gasteiger partial charge in [0.1, 0.15) is 5.00 Å². The second kappa shape index (κ2) is 8.08. The topological polar surface area (TPSA) is 139 Å². The third-order valence-corrected chi connectivity index (χ3v) is 4.83. The molecule has 1 fully saturated rings. The largest absolute Gasteiger partial charge is 0.364 e. The van der Waals surface area contributed by atoms with Gasteiger partial charge in [0.25, 0.3) is 5.91 Å². The number of primary amides is 1. The predicted molar refractivity (Wildman–Crippen MR) is 102 cm³/mol. The average Bonchev–Trinajstić information content (AvgIpc) is 3.06. The number of nitrogens with one attached hydrogen (secondary N) is 2. The van der Waals surface area contributed by atoms with Crippen molar-refractivity contribution < 1.29 is 9.59 Å². The monoisotopic (exact) mass is 388 g/mol. The summed E-state index contributed by atoms with van der Waals surface area (Å²) in [5.41, 5.74) is 6.16. The molecule has 142 valence electrons. The molecule has 2 aromatic rings. The van der Waals surface area contributed by atoms with Gasteiger partial charge in [0.2, 0.25) is 11.9 Å². The molecule has 1 atom stereocenters. The van der Waals surface area contributed by atoms with Gasteiger partial charge in [-0.3, -0.25) is 9.59 Å². The smallest absolute Gasteiger partial charge is 0.273 e.